The predicted octanol–water partition coefficient (Wildman–Crippen LogP) is 2.03. The number of methoxy groups -OCH3 is 1. The van der Waals surface area contributed by atoms with Gasteiger partial charge in [0, 0.05) is 26.7 Å². The number of hydroxylamine groups is 1. The first kappa shape index (κ1) is 23.2. The van der Waals surface area contributed by atoms with E-state index in [2.05, 4.69) is 0 Å². The normalized spacial score (nSPS) is 16.6. The van der Waals surface area contributed by atoms with Crippen molar-refractivity contribution >= 4 is 15.7 Å². The zero-order chi connectivity index (χ0) is 22.3. The van der Waals surface area contributed by atoms with Gasteiger partial charge in [0.15, 0.2) is 14.6 Å². The SMILES string of the molecule is COCCN1CCC(C(=O)NO)(S(=O)(=O)c2ccccc2OCc2ccccc2)CC1. The van der Waals surface area contributed by atoms with Gasteiger partial charge in [0.05, 0.1) is 6.61 Å². The molecule has 1 saturated heterocycles. The quantitative estimate of drug-likeness (QED) is 0.447. The van der Waals surface area contributed by atoms with Crippen LogP contribution in [0, 0.1) is 0 Å². The molecule has 9 heteroatoms. The Morgan fingerprint density at radius 1 is 1.10 bits per heavy atom. The molecule has 31 heavy (non-hydrogen) atoms. The molecular weight excluding hydrogens is 420 g/mol. The highest BCUT2D eigenvalue weighted by atomic mass is 32.2. The number of para-hydroxylation sites is 1. The summed E-state index contributed by atoms with van der Waals surface area (Å²) in [5.74, 6) is -0.741. The number of carbonyl (C=O) groups is 1. The summed E-state index contributed by atoms with van der Waals surface area (Å²) in [5.41, 5.74) is 2.48. The Hall–Kier alpha value is -2.46. The number of amides is 1. The monoisotopic (exact) mass is 448 g/mol. The van der Waals surface area contributed by atoms with E-state index in [-0.39, 0.29) is 30.1 Å². The molecule has 0 aromatic heterocycles. The van der Waals surface area contributed by atoms with Gasteiger partial charge in [-0.15, -0.1) is 0 Å². The number of carbonyl (C=O) groups excluding carboxylic acids is 1. The van der Waals surface area contributed by atoms with Crippen molar-refractivity contribution in [3.05, 3.63) is 60.2 Å². The van der Waals surface area contributed by atoms with Crippen molar-refractivity contribution in [3.8, 4) is 5.75 Å². The average molecular weight is 449 g/mol. The van der Waals surface area contributed by atoms with Crippen LogP contribution in [0.2, 0.25) is 0 Å². The fourth-order valence-corrected chi connectivity index (χ4v) is 5.90. The first-order valence-electron chi connectivity index (χ1n) is 10.1. The Kier molecular flexibility index (Phi) is 7.66. The summed E-state index contributed by atoms with van der Waals surface area (Å²) in [6.07, 6.45) is 0.108. The second-order valence-corrected chi connectivity index (χ2v) is 9.72. The third-order valence-corrected chi connectivity index (χ3v) is 8.22. The van der Waals surface area contributed by atoms with E-state index >= 15 is 0 Å². The van der Waals surface area contributed by atoms with Crippen LogP contribution in [0.5, 0.6) is 5.75 Å². The van der Waals surface area contributed by atoms with Gasteiger partial charge in [-0.05, 0) is 30.5 Å². The van der Waals surface area contributed by atoms with Crippen LogP contribution in [-0.4, -0.2) is 62.5 Å². The molecular formula is C22H28N2O6S. The third kappa shape index (κ3) is 4.90. The van der Waals surface area contributed by atoms with Crippen molar-refractivity contribution in [1.29, 1.82) is 0 Å². The number of ether oxygens (including phenoxy) is 2. The molecule has 0 bridgehead atoms. The maximum absolute atomic E-state index is 13.8. The van der Waals surface area contributed by atoms with Crippen LogP contribution in [0.15, 0.2) is 59.5 Å². The molecule has 2 aromatic carbocycles. The number of piperidine rings is 1. The molecule has 0 aliphatic carbocycles. The fraction of sp³-hybridized carbons (Fsp3) is 0.409. The lowest BCUT2D eigenvalue weighted by Gasteiger charge is -2.39. The number of nitrogens with one attached hydrogen (secondary N) is 1. The predicted molar refractivity (Wildman–Crippen MR) is 115 cm³/mol. The molecule has 1 heterocycles. The van der Waals surface area contributed by atoms with Gasteiger partial charge in [-0.25, -0.2) is 13.9 Å². The lowest BCUT2D eigenvalue weighted by atomic mass is 9.95. The summed E-state index contributed by atoms with van der Waals surface area (Å²) in [7, 11) is -2.57. The maximum atomic E-state index is 13.8. The minimum absolute atomic E-state index is 0.0540. The molecule has 1 aliphatic heterocycles. The zero-order valence-electron chi connectivity index (χ0n) is 17.5. The lowest BCUT2D eigenvalue weighted by Crippen LogP contribution is -2.58. The van der Waals surface area contributed by atoms with Gasteiger partial charge in [-0.3, -0.25) is 10.0 Å². The van der Waals surface area contributed by atoms with E-state index in [0.29, 0.717) is 26.2 Å². The van der Waals surface area contributed by atoms with Crippen molar-refractivity contribution < 1.29 is 27.9 Å². The van der Waals surface area contributed by atoms with Gasteiger partial charge in [0.2, 0.25) is 0 Å². The Labute approximate surface area is 182 Å². The number of rotatable bonds is 9. The summed E-state index contributed by atoms with van der Waals surface area (Å²) in [6.45, 7) is 2.13. The van der Waals surface area contributed by atoms with Crippen LogP contribution >= 0.6 is 0 Å². The molecule has 1 fully saturated rings. The number of benzene rings is 2. The maximum Gasteiger partial charge on any atom is 0.265 e. The molecule has 0 atom stereocenters. The second kappa shape index (κ2) is 10.2. The molecule has 0 radical (unpaired) electrons. The molecule has 168 valence electrons. The molecule has 8 nitrogen and oxygen atoms in total. The summed E-state index contributed by atoms with van der Waals surface area (Å²) in [6, 6.07) is 15.7. The molecule has 0 spiro atoms. The minimum Gasteiger partial charge on any atom is -0.488 e. The zero-order valence-corrected chi connectivity index (χ0v) is 18.3. The number of nitrogens with zero attached hydrogens (tertiary/aromatic N) is 1. The van der Waals surface area contributed by atoms with Crippen LogP contribution in [0.25, 0.3) is 0 Å². The fourth-order valence-electron chi connectivity index (χ4n) is 3.82. The van der Waals surface area contributed by atoms with Crippen molar-refractivity contribution in [2.45, 2.75) is 29.1 Å². The summed E-state index contributed by atoms with van der Waals surface area (Å²) >= 11 is 0. The highest BCUT2D eigenvalue weighted by Crippen LogP contribution is 2.39. The van der Waals surface area contributed by atoms with Gasteiger partial charge >= 0.3 is 0 Å². The summed E-state index contributed by atoms with van der Waals surface area (Å²) < 4.78 is 36.7. The van der Waals surface area contributed by atoms with E-state index in [1.807, 2.05) is 35.2 Å². The molecule has 2 aromatic rings. The van der Waals surface area contributed by atoms with E-state index in [1.54, 1.807) is 30.8 Å². The van der Waals surface area contributed by atoms with Gasteiger partial charge in [-0.2, -0.15) is 0 Å². The third-order valence-electron chi connectivity index (χ3n) is 5.68. The summed E-state index contributed by atoms with van der Waals surface area (Å²) in [4.78, 5) is 14.7. The van der Waals surface area contributed by atoms with E-state index in [9.17, 15) is 18.4 Å². The smallest absolute Gasteiger partial charge is 0.265 e. The average Bonchev–Trinajstić information content (AvgIpc) is 2.82. The number of sulfone groups is 1. The molecule has 0 saturated carbocycles. The first-order valence-corrected chi connectivity index (χ1v) is 11.6. The Morgan fingerprint density at radius 3 is 2.39 bits per heavy atom. The first-order chi connectivity index (χ1) is 14.9. The Morgan fingerprint density at radius 2 is 1.74 bits per heavy atom. The highest BCUT2D eigenvalue weighted by Gasteiger charge is 2.53. The van der Waals surface area contributed by atoms with Crippen molar-refractivity contribution in [3.63, 3.8) is 0 Å². The Balaban J connectivity index is 1.90. The van der Waals surface area contributed by atoms with Crippen molar-refractivity contribution in [1.82, 2.24) is 10.4 Å². The van der Waals surface area contributed by atoms with Crippen molar-refractivity contribution in [2.75, 3.05) is 33.4 Å². The van der Waals surface area contributed by atoms with E-state index in [4.69, 9.17) is 9.47 Å². The van der Waals surface area contributed by atoms with E-state index in [0.717, 1.165) is 5.56 Å². The van der Waals surface area contributed by atoms with Gasteiger partial charge in [0.25, 0.3) is 5.91 Å². The standard InChI is InChI=1S/C22H28N2O6S/c1-29-16-15-24-13-11-22(12-14-24,21(25)23-26)31(27,28)20-10-6-5-9-19(20)30-17-18-7-3-2-4-8-18/h2-10,26H,11-17H2,1H3,(H,23,25). The summed E-state index contributed by atoms with van der Waals surface area (Å²) in [5, 5.41) is 9.36. The van der Waals surface area contributed by atoms with Gasteiger partial charge in [-0.1, -0.05) is 42.5 Å². The number of likely N-dealkylation sites (tertiary alicyclic amines) is 1. The molecule has 3 rings (SSSR count). The van der Waals surface area contributed by atoms with Crippen LogP contribution < -0.4 is 10.2 Å². The molecule has 1 aliphatic rings. The van der Waals surface area contributed by atoms with Crippen LogP contribution in [0.4, 0.5) is 0 Å². The molecule has 2 N–H and O–H groups in total. The van der Waals surface area contributed by atoms with E-state index < -0.39 is 20.5 Å². The Bertz CT molecular complexity index is 973. The largest absolute Gasteiger partial charge is 0.488 e. The van der Waals surface area contributed by atoms with Crippen molar-refractivity contribution in [2.24, 2.45) is 0 Å². The number of hydrogen-bond donors (Lipinski definition) is 2. The highest BCUT2D eigenvalue weighted by molar-refractivity contribution is 7.93. The van der Waals surface area contributed by atoms with E-state index in [1.165, 1.54) is 6.07 Å². The van der Waals surface area contributed by atoms with Crippen LogP contribution in [0.1, 0.15) is 18.4 Å². The van der Waals surface area contributed by atoms with Crippen LogP contribution in [-0.2, 0) is 26.0 Å². The number of hydrogen-bond acceptors (Lipinski definition) is 7. The molecule has 0 unspecified atom stereocenters. The van der Waals surface area contributed by atoms with Gasteiger partial charge < -0.3 is 14.4 Å². The minimum atomic E-state index is -4.17. The lowest BCUT2D eigenvalue weighted by molar-refractivity contribution is -0.133. The van der Waals surface area contributed by atoms with Gasteiger partial charge in [0.1, 0.15) is 17.3 Å². The second-order valence-electron chi connectivity index (χ2n) is 7.49. The van der Waals surface area contributed by atoms with Crippen LogP contribution in [0.3, 0.4) is 0 Å². The molecule has 1 amide bonds. The topological polar surface area (TPSA) is 105 Å².